The third-order valence-corrected chi connectivity index (χ3v) is 16.2. The molecule has 7 rings (SSSR count). The number of amides is 4. The zero-order valence-corrected chi connectivity index (χ0v) is 51.8. The Morgan fingerprint density at radius 2 is 1.49 bits per heavy atom. The SMILES string of the molecule is Cc1ncsc1-c1ccc(CNC(=O)[C@@H]2C[C@@H](OC(=O)CCCCCCC(=O)[O-])CN2C(=O)[C@@H](NC(=O)COCCOCCOCCNC(=O)C[C@@H]2N=C(c3ccc(Cl)cc3)c3c(sc(C)c3C)-n3c(C)nnc32)C(C)(C)C)cc1.[Na+]. The fourth-order valence-electron chi connectivity index (χ4n) is 9.44. The Kier molecular flexibility index (Phi) is 24.6. The number of likely N-dealkylation sites (tertiary alicyclic amines) is 1. The Hall–Kier alpha value is -5.43. The van der Waals surface area contributed by atoms with E-state index in [2.05, 4.69) is 45.0 Å². The Morgan fingerprint density at radius 3 is 2.16 bits per heavy atom. The Labute approximate surface area is 507 Å². The van der Waals surface area contributed by atoms with Crippen molar-refractivity contribution < 1.29 is 82.4 Å². The number of ether oxygens (including phenoxy) is 4. The number of carboxylic acids is 1. The van der Waals surface area contributed by atoms with Gasteiger partial charge in [0.2, 0.25) is 23.6 Å². The van der Waals surface area contributed by atoms with E-state index in [1.807, 2.05) is 66.9 Å². The Bertz CT molecular complexity index is 3000. The number of carboxylic acid groups (broad SMARTS) is 1. The monoisotopic (exact) mass is 1180 g/mol. The molecule has 3 N–H and O–H groups in total. The quantitative estimate of drug-likeness (QED) is 0.0369. The molecular formula is C57H71ClN9NaO11S2. The van der Waals surface area contributed by atoms with E-state index in [1.165, 1.54) is 4.90 Å². The van der Waals surface area contributed by atoms with Crippen LogP contribution in [0.1, 0.15) is 123 Å². The summed E-state index contributed by atoms with van der Waals surface area (Å²) >= 11 is 9.43. The molecule has 0 spiro atoms. The second kappa shape index (κ2) is 30.7. The number of thiophene rings is 1. The van der Waals surface area contributed by atoms with E-state index in [1.54, 1.807) is 49.0 Å². The number of halogens is 1. The second-order valence-corrected chi connectivity index (χ2v) is 23.4. The van der Waals surface area contributed by atoms with Crippen molar-refractivity contribution in [1.29, 1.82) is 0 Å². The summed E-state index contributed by atoms with van der Waals surface area (Å²) in [5, 5.41) is 29.9. The van der Waals surface area contributed by atoms with Crippen molar-refractivity contribution >= 4 is 75.6 Å². The van der Waals surface area contributed by atoms with Gasteiger partial charge in [-0.05, 0) is 81.2 Å². The van der Waals surface area contributed by atoms with Crippen LogP contribution in [0.2, 0.25) is 5.02 Å². The predicted molar refractivity (Wildman–Crippen MR) is 302 cm³/mol. The fourth-order valence-corrected chi connectivity index (χ4v) is 11.6. The van der Waals surface area contributed by atoms with Gasteiger partial charge in [-0.3, -0.25) is 33.5 Å². The number of hydrogen-bond acceptors (Lipinski definition) is 17. The molecule has 5 aromatic rings. The van der Waals surface area contributed by atoms with Gasteiger partial charge in [0.05, 0.1) is 67.8 Å². The first-order valence-corrected chi connectivity index (χ1v) is 29.0. The van der Waals surface area contributed by atoms with Crippen molar-refractivity contribution in [2.24, 2.45) is 10.4 Å². The number of rotatable bonds is 28. The molecule has 0 bridgehead atoms. The summed E-state index contributed by atoms with van der Waals surface area (Å²) in [6.45, 7) is 14.4. The molecule has 1 fully saturated rings. The van der Waals surface area contributed by atoms with Gasteiger partial charge in [-0.1, -0.05) is 81.6 Å². The van der Waals surface area contributed by atoms with Crippen LogP contribution in [-0.4, -0.2) is 137 Å². The maximum Gasteiger partial charge on any atom is 1.00 e. The number of hydrogen-bond donors (Lipinski definition) is 3. The van der Waals surface area contributed by atoms with E-state index in [0.717, 1.165) is 54.0 Å². The smallest absolute Gasteiger partial charge is 0.550 e. The number of aliphatic carboxylic acids is 1. The molecule has 430 valence electrons. The molecule has 1 saturated heterocycles. The number of aliphatic imine (C=N–C) groups is 1. The van der Waals surface area contributed by atoms with E-state index in [4.69, 9.17) is 35.5 Å². The number of aromatic nitrogens is 4. The molecule has 81 heavy (non-hydrogen) atoms. The van der Waals surface area contributed by atoms with Gasteiger partial charge in [-0.15, -0.1) is 32.9 Å². The Morgan fingerprint density at radius 1 is 0.827 bits per heavy atom. The standard InChI is InChI=1S/C57H72ClN9O11S2.Na/c1-34-36(3)80-56-49(34)50(39-18-20-41(58)21-19-39)62-43(53-65-64-37(4)67(53)56)29-45(68)59-22-23-75-24-25-76-26-27-77-32-46(69)63-52(57(5,6)7)55(74)66-31-42(78-48(72)13-11-9-8-10-12-47(70)71)28-44(66)54(73)60-30-38-14-16-40(17-15-38)51-35(2)61-33-79-51;/h14-21,33,42-44,52H,8-13,22-32H2,1-7H3,(H,59,68)(H,60,73)(H,63,69)(H,70,71);/q;+1/p-1/t42-,43+,44+,52-;/m1./s1. The van der Waals surface area contributed by atoms with E-state index in [-0.39, 0.29) is 120 Å². The predicted octanol–water partition coefficient (Wildman–Crippen LogP) is 3.24. The maximum absolute atomic E-state index is 14.5. The first kappa shape index (κ1) is 64.7. The molecule has 0 aliphatic carbocycles. The third-order valence-electron chi connectivity index (χ3n) is 13.8. The fraction of sp³-hybridized carbons (Fsp3) is 0.509. The van der Waals surface area contributed by atoms with E-state index < -0.39 is 59.3 Å². The number of thiazole rings is 1. The van der Waals surface area contributed by atoms with Crippen LogP contribution in [0.3, 0.4) is 0 Å². The van der Waals surface area contributed by atoms with Gasteiger partial charge in [-0.25, -0.2) is 4.98 Å². The average Bonchev–Trinajstić information content (AvgIpc) is 4.27. The van der Waals surface area contributed by atoms with Crippen LogP contribution < -0.4 is 50.6 Å². The summed E-state index contributed by atoms with van der Waals surface area (Å²) in [7, 11) is 0. The van der Waals surface area contributed by atoms with Gasteiger partial charge in [0, 0.05) is 52.9 Å². The van der Waals surface area contributed by atoms with Crippen LogP contribution in [0.5, 0.6) is 0 Å². The molecule has 24 heteroatoms. The first-order valence-electron chi connectivity index (χ1n) is 26.9. The largest absolute Gasteiger partial charge is 1.00 e. The van der Waals surface area contributed by atoms with Crippen molar-refractivity contribution in [2.75, 3.05) is 52.7 Å². The molecule has 4 amide bonds. The van der Waals surface area contributed by atoms with Crippen LogP contribution in [0.4, 0.5) is 0 Å². The molecular weight excluding hydrogens is 1110 g/mol. The third kappa shape index (κ3) is 18.0. The van der Waals surface area contributed by atoms with Crippen molar-refractivity contribution in [3.63, 3.8) is 0 Å². The van der Waals surface area contributed by atoms with Crippen LogP contribution in [-0.2, 0) is 54.3 Å². The number of aryl methyl sites for hydroxylation is 3. The van der Waals surface area contributed by atoms with E-state index >= 15 is 0 Å². The van der Waals surface area contributed by atoms with Crippen molar-refractivity contribution in [1.82, 2.24) is 40.6 Å². The van der Waals surface area contributed by atoms with Gasteiger partial charge in [0.15, 0.2) is 5.82 Å². The molecule has 3 aromatic heterocycles. The molecule has 2 aromatic carbocycles. The van der Waals surface area contributed by atoms with E-state index in [0.29, 0.717) is 42.4 Å². The molecule has 5 heterocycles. The number of esters is 1. The van der Waals surface area contributed by atoms with Crippen LogP contribution in [0.25, 0.3) is 15.4 Å². The minimum absolute atomic E-state index is 0. The van der Waals surface area contributed by atoms with Crippen molar-refractivity contribution in [3.05, 3.63) is 104 Å². The number of nitrogens with zero attached hydrogens (tertiary/aromatic N) is 6. The van der Waals surface area contributed by atoms with Gasteiger partial charge in [-0.2, -0.15) is 0 Å². The average molecular weight is 1180 g/mol. The number of fused-ring (bicyclic) bond motifs is 3. The molecule has 0 unspecified atom stereocenters. The number of carbonyl (C=O) groups excluding carboxylic acids is 6. The number of unbranched alkanes of at least 4 members (excludes halogenated alkanes) is 3. The molecule has 0 radical (unpaired) electrons. The zero-order valence-electron chi connectivity index (χ0n) is 47.4. The zero-order chi connectivity index (χ0) is 57.5. The number of carbonyl (C=O) groups is 6. The number of benzene rings is 2. The van der Waals surface area contributed by atoms with Gasteiger partial charge < -0.3 is 49.7 Å². The van der Waals surface area contributed by atoms with Gasteiger partial charge in [0.25, 0.3) is 0 Å². The number of nitrogens with one attached hydrogen (secondary N) is 3. The Balaban J connectivity index is 0.0000106. The summed E-state index contributed by atoms with van der Waals surface area (Å²) < 4.78 is 24.8. The maximum atomic E-state index is 14.5. The van der Waals surface area contributed by atoms with E-state index in [9.17, 15) is 33.9 Å². The van der Waals surface area contributed by atoms with Crippen LogP contribution in [0, 0.1) is 33.1 Å². The molecule has 20 nitrogen and oxygen atoms in total. The van der Waals surface area contributed by atoms with Crippen molar-refractivity contribution in [3.8, 4) is 15.4 Å². The summed E-state index contributed by atoms with van der Waals surface area (Å²) in [6.07, 6.45) is 1.59. The minimum Gasteiger partial charge on any atom is -0.550 e. The first-order chi connectivity index (χ1) is 38.3. The normalized spacial score (nSPS) is 16.1. The molecule has 2 aliphatic heterocycles. The summed E-state index contributed by atoms with van der Waals surface area (Å²) in [5.74, 6) is -2.01. The van der Waals surface area contributed by atoms with Gasteiger partial charge in [0.1, 0.15) is 41.7 Å². The van der Waals surface area contributed by atoms with Crippen LogP contribution >= 0.6 is 34.3 Å². The molecule has 4 atom stereocenters. The summed E-state index contributed by atoms with van der Waals surface area (Å²) in [4.78, 5) is 91.9. The van der Waals surface area contributed by atoms with Crippen molar-refractivity contribution in [2.45, 2.75) is 131 Å². The summed E-state index contributed by atoms with van der Waals surface area (Å²) in [6, 6.07) is 12.6. The summed E-state index contributed by atoms with van der Waals surface area (Å²) in [5.41, 5.74) is 7.51. The second-order valence-electron chi connectivity index (χ2n) is 20.9. The topological polar surface area (TPSA) is 258 Å². The molecule has 0 saturated carbocycles. The van der Waals surface area contributed by atoms with Crippen LogP contribution in [0.15, 0.2) is 59.0 Å². The molecule has 2 aliphatic rings. The van der Waals surface area contributed by atoms with Gasteiger partial charge >= 0.3 is 35.5 Å². The minimum atomic E-state index is -1.11.